The Kier molecular flexibility index (Phi) is 6.56. The number of nitrogens with one attached hydrogen (secondary N) is 2. The van der Waals surface area contributed by atoms with Crippen LogP contribution in [0, 0.1) is 16.0 Å². The zero-order chi connectivity index (χ0) is 21.7. The molecule has 3 rings (SSSR count). The summed E-state index contributed by atoms with van der Waals surface area (Å²) in [6.07, 6.45) is 4.08. The molecule has 0 spiro atoms. The van der Waals surface area contributed by atoms with Crippen molar-refractivity contribution < 1.29 is 18.1 Å². The van der Waals surface area contributed by atoms with Gasteiger partial charge in [-0.1, -0.05) is 13.3 Å². The predicted molar refractivity (Wildman–Crippen MR) is 116 cm³/mol. The standard InChI is InChI=1S/C20H24N4O5S/c1-14-5-3-4-6-18(14)21-22-19-12-11-17(13-20(19)24(25)26)30(27,28)23-15-7-9-16(29-2)10-8-15/h7-14,22-23H,3-6H2,1-2H3/b21-18-. The Balaban J connectivity index is 1.84. The van der Waals surface area contributed by atoms with Gasteiger partial charge in [0.2, 0.25) is 0 Å². The Labute approximate surface area is 175 Å². The number of nitro benzene ring substituents is 1. The predicted octanol–water partition coefficient (Wildman–Crippen LogP) is 4.38. The van der Waals surface area contributed by atoms with E-state index in [1.165, 1.54) is 19.2 Å². The summed E-state index contributed by atoms with van der Waals surface area (Å²) in [6, 6.07) is 10.0. The third kappa shape index (κ3) is 5.07. The zero-order valence-corrected chi connectivity index (χ0v) is 17.6. The van der Waals surface area contributed by atoms with Gasteiger partial charge in [0.15, 0.2) is 0 Å². The summed E-state index contributed by atoms with van der Waals surface area (Å²) in [5, 5.41) is 15.9. The van der Waals surface area contributed by atoms with Crippen LogP contribution < -0.4 is 14.9 Å². The van der Waals surface area contributed by atoms with E-state index < -0.39 is 14.9 Å². The lowest BCUT2D eigenvalue weighted by Gasteiger charge is -2.20. The van der Waals surface area contributed by atoms with Gasteiger partial charge in [0.25, 0.3) is 15.7 Å². The van der Waals surface area contributed by atoms with Gasteiger partial charge in [0.05, 0.1) is 16.9 Å². The molecule has 2 aromatic rings. The van der Waals surface area contributed by atoms with Crippen LogP contribution in [0.3, 0.4) is 0 Å². The number of methoxy groups -OCH3 is 1. The van der Waals surface area contributed by atoms with E-state index in [1.807, 2.05) is 0 Å². The van der Waals surface area contributed by atoms with Gasteiger partial charge < -0.3 is 4.74 Å². The molecule has 1 aliphatic rings. The monoisotopic (exact) mass is 432 g/mol. The van der Waals surface area contributed by atoms with Gasteiger partial charge in [0.1, 0.15) is 11.4 Å². The Morgan fingerprint density at radius 3 is 2.53 bits per heavy atom. The van der Waals surface area contributed by atoms with E-state index in [2.05, 4.69) is 22.2 Å². The van der Waals surface area contributed by atoms with E-state index in [0.29, 0.717) is 17.4 Å². The van der Waals surface area contributed by atoms with Crippen LogP contribution in [-0.2, 0) is 10.0 Å². The average Bonchev–Trinajstić information content (AvgIpc) is 2.73. The molecule has 1 saturated carbocycles. The molecule has 1 unspecified atom stereocenters. The Hall–Kier alpha value is -3.14. The maximum absolute atomic E-state index is 12.7. The van der Waals surface area contributed by atoms with E-state index in [9.17, 15) is 18.5 Å². The molecule has 0 aliphatic heterocycles. The number of sulfonamides is 1. The molecule has 0 aromatic heterocycles. The highest BCUT2D eigenvalue weighted by Crippen LogP contribution is 2.29. The maximum atomic E-state index is 12.7. The average molecular weight is 433 g/mol. The van der Waals surface area contributed by atoms with Gasteiger partial charge in [-0.05, 0) is 61.6 Å². The number of hydrogen-bond acceptors (Lipinski definition) is 7. The number of hydrogen-bond donors (Lipinski definition) is 2. The Bertz CT molecular complexity index is 1050. The van der Waals surface area contributed by atoms with Crippen LogP contribution in [0.5, 0.6) is 5.75 Å². The largest absolute Gasteiger partial charge is 0.497 e. The van der Waals surface area contributed by atoms with Crippen molar-refractivity contribution in [3.8, 4) is 5.75 Å². The third-order valence-electron chi connectivity index (χ3n) is 5.03. The van der Waals surface area contributed by atoms with Gasteiger partial charge in [-0.15, -0.1) is 0 Å². The van der Waals surface area contributed by atoms with E-state index in [0.717, 1.165) is 37.5 Å². The highest BCUT2D eigenvalue weighted by molar-refractivity contribution is 7.92. The summed E-state index contributed by atoms with van der Waals surface area (Å²) in [6.45, 7) is 2.08. The molecular formula is C20H24N4O5S. The molecule has 2 N–H and O–H groups in total. The fourth-order valence-electron chi connectivity index (χ4n) is 3.27. The first-order valence-electron chi connectivity index (χ1n) is 9.58. The molecule has 0 radical (unpaired) electrons. The summed E-state index contributed by atoms with van der Waals surface area (Å²) < 4.78 is 32.8. The van der Waals surface area contributed by atoms with Crippen LogP contribution in [-0.4, -0.2) is 26.2 Å². The summed E-state index contributed by atoms with van der Waals surface area (Å²) in [5.41, 5.74) is 3.82. The molecule has 1 aliphatic carbocycles. The van der Waals surface area contributed by atoms with Gasteiger partial charge in [-0.25, -0.2) is 8.42 Å². The molecule has 1 fully saturated rings. The maximum Gasteiger partial charge on any atom is 0.295 e. The van der Waals surface area contributed by atoms with E-state index in [4.69, 9.17) is 4.74 Å². The highest BCUT2D eigenvalue weighted by Gasteiger charge is 2.22. The fourth-order valence-corrected chi connectivity index (χ4v) is 4.34. The molecule has 0 heterocycles. The topological polar surface area (TPSA) is 123 Å². The van der Waals surface area contributed by atoms with Crippen molar-refractivity contribution in [2.24, 2.45) is 11.0 Å². The van der Waals surface area contributed by atoms with E-state index in [-0.39, 0.29) is 16.3 Å². The normalized spacial score (nSPS) is 18.1. The molecule has 30 heavy (non-hydrogen) atoms. The van der Waals surface area contributed by atoms with Crippen molar-refractivity contribution in [1.29, 1.82) is 0 Å². The number of ether oxygens (including phenoxy) is 1. The van der Waals surface area contributed by atoms with Crippen LogP contribution in [0.15, 0.2) is 52.5 Å². The van der Waals surface area contributed by atoms with Crippen molar-refractivity contribution in [2.45, 2.75) is 37.5 Å². The van der Waals surface area contributed by atoms with Gasteiger partial charge in [0, 0.05) is 17.5 Å². The van der Waals surface area contributed by atoms with Gasteiger partial charge in [-0.2, -0.15) is 5.10 Å². The summed E-state index contributed by atoms with van der Waals surface area (Å²) in [4.78, 5) is 10.7. The number of rotatable bonds is 7. The van der Waals surface area contributed by atoms with Crippen LogP contribution in [0.2, 0.25) is 0 Å². The van der Waals surface area contributed by atoms with Crippen LogP contribution in [0.25, 0.3) is 0 Å². The number of benzene rings is 2. The first kappa shape index (κ1) is 21.6. The lowest BCUT2D eigenvalue weighted by atomic mass is 9.89. The van der Waals surface area contributed by atoms with Crippen molar-refractivity contribution in [3.05, 3.63) is 52.6 Å². The van der Waals surface area contributed by atoms with Crippen molar-refractivity contribution in [1.82, 2.24) is 0 Å². The molecule has 0 bridgehead atoms. The van der Waals surface area contributed by atoms with Crippen molar-refractivity contribution >= 4 is 32.8 Å². The minimum Gasteiger partial charge on any atom is -0.497 e. The summed E-state index contributed by atoms with van der Waals surface area (Å²) in [5.74, 6) is 0.900. The quantitative estimate of drug-likeness (QED) is 0.494. The third-order valence-corrected chi connectivity index (χ3v) is 6.41. The second kappa shape index (κ2) is 9.12. The molecule has 0 saturated heterocycles. The second-order valence-electron chi connectivity index (χ2n) is 7.13. The minimum absolute atomic E-state index is 0.147. The first-order valence-corrected chi connectivity index (χ1v) is 11.1. The molecule has 0 amide bonds. The lowest BCUT2D eigenvalue weighted by Crippen LogP contribution is -2.17. The minimum atomic E-state index is -4.01. The highest BCUT2D eigenvalue weighted by atomic mass is 32.2. The van der Waals surface area contributed by atoms with Crippen LogP contribution in [0.4, 0.5) is 17.1 Å². The molecular weight excluding hydrogens is 408 g/mol. The number of anilines is 2. The van der Waals surface area contributed by atoms with E-state index >= 15 is 0 Å². The smallest absolute Gasteiger partial charge is 0.295 e. The molecule has 1 atom stereocenters. The zero-order valence-electron chi connectivity index (χ0n) is 16.8. The summed E-state index contributed by atoms with van der Waals surface area (Å²) in [7, 11) is -2.50. The molecule has 10 heteroatoms. The number of nitrogens with zero attached hydrogens (tertiary/aromatic N) is 2. The first-order chi connectivity index (χ1) is 14.3. The van der Waals surface area contributed by atoms with Gasteiger partial charge >= 0.3 is 0 Å². The van der Waals surface area contributed by atoms with Gasteiger partial charge in [-0.3, -0.25) is 20.3 Å². The molecule has 160 valence electrons. The SMILES string of the molecule is COc1ccc(NS(=O)(=O)c2ccc(N/N=C3/CCCCC3C)c([N+](=O)[O-])c2)cc1. The fraction of sp³-hybridized carbons (Fsp3) is 0.350. The number of nitro groups is 1. The summed E-state index contributed by atoms with van der Waals surface area (Å²) >= 11 is 0. The Morgan fingerprint density at radius 1 is 1.17 bits per heavy atom. The van der Waals surface area contributed by atoms with Crippen molar-refractivity contribution in [3.63, 3.8) is 0 Å². The lowest BCUT2D eigenvalue weighted by molar-refractivity contribution is -0.384. The number of hydrazone groups is 1. The van der Waals surface area contributed by atoms with Crippen LogP contribution >= 0.6 is 0 Å². The van der Waals surface area contributed by atoms with Crippen molar-refractivity contribution in [2.75, 3.05) is 17.3 Å². The Morgan fingerprint density at radius 2 is 1.90 bits per heavy atom. The van der Waals surface area contributed by atoms with E-state index in [1.54, 1.807) is 24.3 Å². The molecule has 2 aromatic carbocycles. The second-order valence-corrected chi connectivity index (χ2v) is 8.81. The van der Waals surface area contributed by atoms with Crippen LogP contribution in [0.1, 0.15) is 32.6 Å². The molecule has 9 nitrogen and oxygen atoms in total.